The van der Waals surface area contributed by atoms with Gasteiger partial charge in [0, 0.05) is 33.7 Å². The topological polar surface area (TPSA) is 99.4 Å². The number of benzene rings is 2. The maximum absolute atomic E-state index is 11.0. The van der Waals surface area contributed by atoms with E-state index < -0.39 is 0 Å². The molecule has 0 spiro atoms. The molecule has 5 rings (SSSR count). The van der Waals surface area contributed by atoms with Crippen molar-refractivity contribution in [1.29, 1.82) is 0 Å². The average Bonchev–Trinajstić information content (AvgIpc) is 3.31. The third kappa shape index (κ3) is 2.79. The highest BCUT2D eigenvalue weighted by Crippen LogP contribution is 2.25. The summed E-state index contributed by atoms with van der Waals surface area (Å²) >= 11 is 0. The molecule has 5 aromatic rings. The summed E-state index contributed by atoms with van der Waals surface area (Å²) in [5.74, 6) is 1.31. The Balaban J connectivity index is 1.48. The van der Waals surface area contributed by atoms with Crippen molar-refractivity contribution in [2.24, 2.45) is 0 Å². The summed E-state index contributed by atoms with van der Waals surface area (Å²) in [6.45, 7) is 1.97. The van der Waals surface area contributed by atoms with Crippen LogP contribution in [0.4, 0.5) is 11.5 Å². The third-order valence-electron chi connectivity index (χ3n) is 4.71. The van der Waals surface area contributed by atoms with Crippen LogP contribution in [0.1, 0.15) is 16.2 Å². The van der Waals surface area contributed by atoms with Gasteiger partial charge in [0.2, 0.25) is 0 Å². The van der Waals surface area contributed by atoms with Crippen LogP contribution in [0, 0.1) is 6.92 Å². The number of carbonyl (C=O) groups excluding carboxylic acids is 1. The largest absolute Gasteiger partial charge is 0.352 e. The van der Waals surface area contributed by atoms with Crippen molar-refractivity contribution >= 4 is 39.6 Å². The summed E-state index contributed by atoms with van der Waals surface area (Å²) in [7, 11) is 0. The molecule has 0 radical (unpaired) electrons. The highest BCUT2D eigenvalue weighted by atomic mass is 16.1. The Hall–Kier alpha value is -4.00. The maximum Gasteiger partial charge on any atom is 0.166 e. The fourth-order valence-electron chi connectivity index (χ4n) is 3.29. The average molecular weight is 368 g/mol. The Bertz CT molecular complexity index is 1330. The minimum absolute atomic E-state index is 0.549. The first-order chi connectivity index (χ1) is 13.7. The maximum atomic E-state index is 11.0. The van der Waals surface area contributed by atoms with Crippen LogP contribution in [0.3, 0.4) is 0 Å². The second kappa shape index (κ2) is 6.31. The van der Waals surface area contributed by atoms with Gasteiger partial charge in [0.15, 0.2) is 12.1 Å². The van der Waals surface area contributed by atoms with Crippen LogP contribution in [-0.2, 0) is 0 Å². The Morgan fingerprint density at radius 2 is 1.96 bits per heavy atom. The van der Waals surface area contributed by atoms with Crippen molar-refractivity contribution in [1.82, 2.24) is 25.1 Å². The molecule has 2 aromatic carbocycles. The number of anilines is 2. The van der Waals surface area contributed by atoms with E-state index in [9.17, 15) is 4.79 Å². The SMILES string of the molecule is Cc1n[nH]c2ccc(Nc3ccnc(-c4ccc5cc(C=O)[nH]c5c4)n3)cc12. The molecule has 0 saturated carbocycles. The fourth-order valence-corrected chi connectivity index (χ4v) is 3.29. The number of aromatic nitrogens is 5. The standard InChI is InChI=1S/C21H16N6O/c1-12-17-10-15(4-5-18(17)27-26-12)24-20-6-7-22-21(25-20)14-3-2-13-8-16(11-28)23-19(13)9-14/h2-11,23H,1H3,(H,26,27)(H,22,24,25). The highest BCUT2D eigenvalue weighted by molar-refractivity contribution is 5.90. The van der Waals surface area contributed by atoms with Crippen molar-refractivity contribution in [3.05, 3.63) is 66.1 Å². The van der Waals surface area contributed by atoms with Gasteiger partial charge in [0.1, 0.15) is 5.82 Å². The normalized spacial score (nSPS) is 11.2. The molecule has 7 nitrogen and oxygen atoms in total. The van der Waals surface area contributed by atoms with Gasteiger partial charge in [-0.2, -0.15) is 5.10 Å². The minimum atomic E-state index is 0.549. The molecule has 3 aromatic heterocycles. The number of hydrogen-bond donors (Lipinski definition) is 3. The van der Waals surface area contributed by atoms with Crippen LogP contribution in [-0.4, -0.2) is 31.4 Å². The Morgan fingerprint density at radius 3 is 2.86 bits per heavy atom. The molecule has 0 fully saturated rings. The van der Waals surface area contributed by atoms with E-state index in [1.165, 1.54) is 0 Å². The molecule has 0 saturated heterocycles. The number of rotatable bonds is 4. The summed E-state index contributed by atoms with van der Waals surface area (Å²) in [4.78, 5) is 23.1. The van der Waals surface area contributed by atoms with Gasteiger partial charge in [-0.25, -0.2) is 9.97 Å². The Morgan fingerprint density at radius 1 is 1.04 bits per heavy atom. The van der Waals surface area contributed by atoms with Crippen molar-refractivity contribution in [3.8, 4) is 11.4 Å². The molecule has 0 aliphatic carbocycles. The lowest BCUT2D eigenvalue weighted by molar-refractivity contribution is 0.112. The van der Waals surface area contributed by atoms with Gasteiger partial charge >= 0.3 is 0 Å². The number of aromatic amines is 2. The quantitative estimate of drug-likeness (QED) is 0.409. The van der Waals surface area contributed by atoms with Crippen LogP contribution in [0.2, 0.25) is 0 Å². The Labute approximate surface area is 159 Å². The van der Waals surface area contributed by atoms with Gasteiger partial charge in [-0.15, -0.1) is 0 Å². The zero-order chi connectivity index (χ0) is 19.1. The third-order valence-corrected chi connectivity index (χ3v) is 4.71. The predicted molar refractivity (Wildman–Crippen MR) is 109 cm³/mol. The van der Waals surface area contributed by atoms with Crippen molar-refractivity contribution < 1.29 is 4.79 Å². The molecule has 0 atom stereocenters. The number of nitrogens with one attached hydrogen (secondary N) is 3. The number of carbonyl (C=O) groups is 1. The molecule has 136 valence electrons. The lowest BCUT2D eigenvalue weighted by Crippen LogP contribution is -1.96. The molecule has 3 N–H and O–H groups in total. The van der Waals surface area contributed by atoms with E-state index in [0.29, 0.717) is 17.3 Å². The molecule has 28 heavy (non-hydrogen) atoms. The van der Waals surface area contributed by atoms with Crippen LogP contribution in [0.5, 0.6) is 0 Å². The zero-order valence-electron chi connectivity index (χ0n) is 15.0. The molecule has 0 aliphatic heterocycles. The van der Waals surface area contributed by atoms with Gasteiger partial charge < -0.3 is 10.3 Å². The molecule has 0 aliphatic rings. The number of fused-ring (bicyclic) bond motifs is 2. The van der Waals surface area contributed by atoms with E-state index in [1.807, 2.05) is 55.5 Å². The number of aldehydes is 1. The van der Waals surface area contributed by atoms with Gasteiger partial charge in [0.05, 0.1) is 16.9 Å². The number of aryl methyl sites for hydroxylation is 1. The first kappa shape index (κ1) is 16.2. The van der Waals surface area contributed by atoms with Gasteiger partial charge in [-0.05, 0) is 43.3 Å². The summed E-state index contributed by atoms with van der Waals surface area (Å²) in [5, 5.41) is 12.6. The molecule has 0 bridgehead atoms. The number of nitrogens with zero attached hydrogens (tertiary/aromatic N) is 3. The van der Waals surface area contributed by atoms with E-state index >= 15 is 0 Å². The van der Waals surface area contributed by atoms with Crippen molar-refractivity contribution in [2.45, 2.75) is 6.92 Å². The summed E-state index contributed by atoms with van der Waals surface area (Å²) in [6, 6.07) is 15.5. The second-order valence-corrected chi connectivity index (χ2v) is 6.60. The lowest BCUT2D eigenvalue weighted by atomic mass is 10.1. The van der Waals surface area contributed by atoms with Crippen LogP contribution in [0.15, 0.2) is 54.7 Å². The Kier molecular flexibility index (Phi) is 3.65. The highest BCUT2D eigenvalue weighted by Gasteiger charge is 2.08. The molecule has 3 heterocycles. The minimum Gasteiger partial charge on any atom is -0.352 e. The number of hydrogen-bond acceptors (Lipinski definition) is 5. The van der Waals surface area contributed by atoms with E-state index in [2.05, 4.69) is 30.5 Å². The first-order valence-corrected chi connectivity index (χ1v) is 8.83. The van der Waals surface area contributed by atoms with E-state index in [4.69, 9.17) is 0 Å². The fraction of sp³-hybridized carbons (Fsp3) is 0.0476. The number of H-pyrrole nitrogens is 2. The summed E-state index contributed by atoms with van der Waals surface area (Å²) < 4.78 is 0. The molecular weight excluding hydrogens is 352 g/mol. The smallest absolute Gasteiger partial charge is 0.166 e. The van der Waals surface area contributed by atoms with Crippen LogP contribution >= 0.6 is 0 Å². The zero-order valence-corrected chi connectivity index (χ0v) is 15.0. The molecule has 0 unspecified atom stereocenters. The molecule has 0 amide bonds. The van der Waals surface area contributed by atoms with Crippen LogP contribution < -0.4 is 5.32 Å². The lowest BCUT2D eigenvalue weighted by Gasteiger charge is -2.07. The predicted octanol–water partition coefficient (Wildman–Crippen LogP) is 4.37. The van der Waals surface area contributed by atoms with Gasteiger partial charge in [0.25, 0.3) is 0 Å². The summed E-state index contributed by atoms with van der Waals surface area (Å²) in [6.07, 6.45) is 2.53. The molecule has 7 heteroatoms. The molecular formula is C21H16N6O. The van der Waals surface area contributed by atoms with Crippen LogP contribution in [0.25, 0.3) is 33.2 Å². The van der Waals surface area contributed by atoms with Gasteiger partial charge in [-0.1, -0.05) is 12.1 Å². The van der Waals surface area contributed by atoms with Crippen molar-refractivity contribution in [3.63, 3.8) is 0 Å². The van der Waals surface area contributed by atoms with Gasteiger partial charge in [-0.3, -0.25) is 9.89 Å². The first-order valence-electron chi connectivity index (χ1n) is 8.83. The summed E-state index contributed by atoms with van der Waals surface area (Å²) in [5.41, 5.74) is 5.18. The monoisotopic (exact) mass is 368 g/mol. The van der Waals surface area contributed by atoms with Crippen molar-refractivity contribution in [2.75, 3.05) is 5.32 Å². The second-order valence-electron chi connectivity index (χ2n) is 6.60. The van der Waals surface area contributed by atoms with E-state index in [-0.39, 0.29) is 0 Å². The van der Waals surface area contributed by atoms with E-state index in [1.54, 1.807) is 6.20 Å². The van der Waals surface area contributed by atoms with E-state index in [0.717, 1.165) is 45.0 Å².